The standard InChI is InChI=1S/C21H18N4O2S/c1-14(2)18-5-3-4-6-19(18)23-12-16(11-22)21-24-20(13-28-21)15-7-9-17(10-8-15)25(26)27/h3-10,12-14,23H,1-2H3. The lowest BCUT2D eigenvalue weighted by atomic mass is 10.0. The number of hydrogen-bond acceptors (Lipinski definition) is 6. The summed E-state index contributed by atoms with van der Waals surface area (Å²) in [6, 6.07) is 16.4. The molecule has 0 radical (unpaired) electrons. The van der Waals surface area contributed by atoms with Crippen LogP contribution in [-0.4, -0.2) is 9.91 Å². The molecule has 1 N–H and O–H groups in total. The number of non-ortho nitro benzene ring substituents is 1. The van der Waals surface area contributed by atoms with Crippen molar-refractivity contribution in [3.8, 4) is 17.3 Å². The minimum absolute atomic E-state index is 0.0323. The van der Waals surface area contributed by atoms with Gasteiger partial charge in [0.15, 0.2) is 0 Å². The minimum atomic E-state index is -0.437. The van der Waals surface area contributed by atoms with Gasteiger partial charge in [0.2, 0.25) is 0 Å². The summed E-state index contributed by atoms with van der Waals surface area (Å²) in [6.45, 7) is 4.24. The first kappa shape index (κ1) is 19.3. The summed E-state index contributed by atoms with van der Waals surface area (Å²) in [4.78, 5) is 14.9. The molecule has 28 heavy (non-hydrogen) atoms. The maximum atomic E-state index is 10.8. The van der Waals surface area contributed by atoms with Gasteiger partial charge in [0.25, 0.3) is 5.69 Å². The first-order valence-electron chi connectivity index (χ1n) is 8.66. The topological polar surface area (TPSA) is 91.8 Å². The van der Waals surface area contributed by atoms with Gasteiger partial charge in [0.1, 0.15) is 16.6 Å². The zero-order valence-electron chi connectivity index (χ0n) is 15.4. The lowest BCUT2D eigenvalue weighted by molar-refractivity contribution is -0.384. The van der Waals surface area contributed by atoms with E-state index in [0.717, 1.165) is 11.3 Å². The third kappa shape index (κ3) is 4.24. The molecule has 140 valence electrons. The van der Waals surface area contributed by atoms with Gasteiger partial charge < -0.3 is 5.32 Å². The molecule has 0 saturated heterocycles. The largest absolute Gasteiger partial charge is 0.360 e. The Bertz CT molecular complexity index is 1060. The van der Waals surface area contributed by atoms with Crippen LogP contribution in [0.3, 0.4) is 0 Å². The van der Waals surface area contributed by atoms with Crippen molar-refractivity contribution < 1.29 is 4.92 Å². The Balaban J connectivity index is 1.83. The number of para-hydroxylation sites is 1. The molecule has 2 aromatic carbocycles. The zero-order valence-corrected chi connectivity index (χ0v) is 16.2. The van der Waals surface area contributed by atoms with E-state index in [1.54, 1.807) is 18.3 Å². The Kier molecular flexibility index (Phi) is 5.82. The SMILES string of the molecule is CC(C)c1ccccc1NC=C(C#N)c1nc(-c2ccc([N+](=O)[O-])cc2)cs1. The van der Waals surface area contributed by atoms with Gasteiger partial charge in [0.05, 0.1) is 10.6 Å². The highest BCUT2D eigenvalue weighted by Gasteiger charge is 2.11. The van der Waals surface area contributed by atoms with Crippen molar-refractivity contribution in [1.82, 2.24) is 4.98 Å². The lowest BCUT2D eigenvalue weighted by Gasteiger charge is -2.12. The van der Waals surface area contributed by atoms with E-state index >= 15 is 0 Å². The highest BCUT2D eigenvalue weighted by atomic mass is 32.1. The number of allylic oxidation sites excluding steroid dienone is 1. The van der Waals surface area contributed by atoms with E-state index in [1.165, 1.54) is 29.0 Å². The third-order valence-electron chi connectivity index (χ3n) is 4.18. The molecular weight excluding hydrogens is 372 g/mol. The van der Waals surface area contributed by atoms with E-state index < -0.39 is 4.92 Å². The van der Waals surface area contributed by atoms with Crippen LogP contribution in [0.15, 0.2) is 60.1 Å². The maximum absolute atomic E-state index is 10.8. The average Bonchev–Trinajstić information content (AvgIpc) is 3.19. The van der Waals surface area contributed by atoms with Crippen LogP contribution in [0.25, 0.3) is 16.8 Å². The Morgan fingerprint density at radius 2 is 1.96 bits per heavy atom. The summed E-state index contributed by atoms with van der Waals surface area (Å²) in [7, 11) is 0. The van der Waals surface area contributed by atoms with Crippen molar-refractivity contribution in [2.75, 3.05) is 5.32 Å². The number of benzene rings is 2. The molecule has 0 spiro atoms. The number of thiazole rings is 1. The van der Waals surface area contributed by atoms with Crippen LogP contribution in [-0.2, 0) is 0 Å². The van der Waals surface area contributed by atoms with Gasteiger partial charge in [-0.3, -0.25) is 10.1 Å². The van der Waals surface area contributed by atoms with E-state index in [2.05, 4.69) is 36.3 Å². The Morgan fingerprint density at radius 3 is 2.61 bits per heavy atom. The molecule has 0 aliphatic heterocycles. The maximum Gasteiger partial charge on any atom is 0.269 e. The molecule has 3 rings (SSSR count). The van der Waals surface area contributed by atoms with Gasteiger partial charge in [-0.1, -0.05) is 32.0 Å². The van der Waals surface area contributed by atoms with E-state index in [0.29, 0.717) is 22.2 Å². The normalized spacial score (nSPS) is 11.3. The Morgan fingerprint density at radius 1 is 1.25 bits per heavy atom. The molecule has 1 heterocycles. The van der Waals surface area contributed by atoms with Crippen LogP contribution in [0.4, 0.5) is 11.4 Å². The molecule has 0 amide bonds. The highest BCUT2D eigenvalue weighted by Crippen LogP contribution is 2.28. The second-order valence-electron chi connectivity index (χ2n) is 6.40. The van der Waals surface area contributed by atoms with Gasteiger partial charge in [-0.2, -0.15) is 5.26 Å². The summed E-state index contributed by atoms with van der Waals surface area (Å²) >= 11 is 1.36. The molecular formula is C21H18N4O2S. The molecule has 3 aromatic rings. The fraction of sp³-hybridized carbons (Fsp3) is 0.143. The Hall–Kier alpha value is -3.50. The van der Waals surface area contributed by atoms with E-state index in [4.69, 9.17) is 0 Å². The highest BCUT2D eigenvalue weighted by molar-refractivity contribution is 7.11. The average molecular weight is 390 g/mol. The summed E-state index contributed by atoms with van der Waals surface area (Å²) < 4.78 is 0. The van der Waals surface area contributed by atoms with Crippen molar-refractivity contribution >= 4 is 28.3 Å². The molecule has 7 heteroatoms. The molecule has 0 bridgehead atoms. The number of nitrogens with one attached hydrogen (secondary N) is 1. The predicted octanol–water partition coefficient (Wildman–Crippen LogP) is 5.82. The van der Waals surface area contributed by atoms with Gasteiger partial charge in [-0.25, -0.2) is 4.98 Å². The number of nitriles is 1. The monoisotopic (exact) mass is 390 g/mol. The van der Waals surface area contributed by atoms with Crippen LogP contribution >= 0.6 is 11.3 Å². The number of nitro groups is 1. The van der Waals surface area contributed by atoms with Crippen LogP contribution in [0.1, 0.15) is 30.3 Å². The van der Waals surface area contributed by atoms with Crippen molar-refractivity contribution in [3.05, 3.63) is 80.8 Å². The van der Waals surface area contributed by atoms with Crippen LogP contribution in [0.5, 0.6) is 0 Å². The Labute approximate surface area is 167 Å². The van der Waals surface area contributed by atoms with Gasteiger partial charge in [-0.15, -0.1) is 11.3 Å². The molecule has 0 aliphatic rings. The van der Waals surface area contributed by atoms with E-state index in [9.17, 15) is 15.4 Å². The number of rotatable bonds is 6. The number of nitrogens with zero attached hydrogens (tertiary/aromatic N) is 3. The number of aromatic nitrogens is 1. The zero-order chi connectivity index (χ0) is 20.1. The summed E-state index contributed by atoms with van der Waals surface area (Å²) in [5.41, 5.74) is 4.03. The second kappa shape index (κ2) is 8.46. The first-order chi connectivity index (χ1) is 13.5. The lowest BCUT2D eigenvalue weighted by Crippen LogP contribution is -1.97. The number of anilines is 1. The number of nitro benzene ring substituents is 1. The molecule has 0 atom stereocenters. The van der Waals surface area contributed by atoms with Gasteiger partial charge in [-0.05, 0) is 29.7 Å². The molecule has 0 saturated carbocycles. The van der Waals surface area contributed by atoms with Crippen molar-refractivity contribution in [3.63, 3.8) is 0 Å². The number of hydrogen-bond donors (Lipinski definition) is 1. The van der Waals surface area contributed by atoms with Gasteiger partial charge in [0, 0.05) is 35.0 Å². The summed E-state index contributed by atoms with van der Waals surface area (Å²) in [5, 5.41) is 26.0. The van der Waals surface area contributed by atoms with Crippen LogP contribution in [0.2, 0.25) is 0 Å². The van der Waals surface area contributed by atoms with Crippen LogP contribution < -0.4 is 5.32 Å². The fourth-order valence-electron chi connectivity index (χ4n) is 2.71. The quantitative estimate of drug-likeness (QED) is 0.325. The molecule has 6 nitrogen and oxygen atoms in total. The van der Waals surface area contributed by atoms with Crippen molar-refractivity contribution in [2.45, 2.75) is 19.8 Å². The second-order valence-corrected chi connectivity index (χ2v) is 7.26. The molecule has 1 aromatic heterocycles. The molecule has 0 unspecified atom stereocenters. The smallest absolute Gasteiger partial charge is 0.269 e. The van der Waals surface area contributed by atoms with E-state index in [1.807, 2.05) is 23.6 Å². The van der Waals surface area contributed by atoms with Crippen molar-refractivity contribution in [2.24, 2.45) is 0 Å². The third-order valence-corrected chi connectivity index (χ3v) is 5.06. The minimum Gasteiger partial charge on any atom is -0.360 e. The summed E-state index contributed by atoms with van der Waals surface area (Å²) in [6.07, 6.45) is 1.67. The fourth-order valence-corrected chi connectivity index (χ4v) is 3.50. The molecule has 0 aliphatic carbocycles. The first-order valence-corrected chi connectivity index (χ1v) is 9.54. The molecule has 0 fully saturated rings. The summed E-state index contributed by atoms with van der Waals surface area (Å²) in [5.74, 6) is 0.358. The van der Waals surface area contributed by atoms with Crippen molar-refractivity contribution in [1.29, 1.82) is 5.26 Å². The van der Waals surface area contributed by atoms with Crippen LogP contribution in [0, 0.1) is 21.4 Å². The van der Waals surface area contributed by atoms with Gasteiger partial charge >= 0.3 is 0 Å². The predicted molar refractivity (Wildman–Crippen MR) is 112 cm³/mol. The van der Waals surface area contributed by atoms with E-state index in [-0.39, 0.29) is 5.69 Å².